The zero-order valence-corrected chi connectivity index (χ0v) is 9.96. The minimum atomic E-state index is -0.976. The molecule has 0 saturated carbocycles. The maximum Gasteiger partial charge on any atom is 0.338 e. The molecule has 1 fully saturated rings. The van der Waals surface area contributed by atoms with Gasteiger partial charge in [0, 0.05) is 18.8 Å². The molecule has 5 heteroatoms. The number of nitrogens with zero attached hydrogens (tertiary/aromatic N) is 3. The molecule has 0 aliphatic carbocycles. The van der Waals surface area contributed by atoms with Crippen LogP contribution in [0.1, 0.15) is 29.0 Å². The first-order valence-corrected chi connectivity index (χ1v) is 5.88. The van der Waals surface area contributed by atoms with E-state index in [1.54, 1.807) is 0 Å². The second-order valence-corrected chi connectivity index (χ2v) is 4.64. The van der Waals surface area contributed by atoms with Crippen molar-refractivity contribution in [3.8, 4) is 0 Å². The average molecular weight is 235 g/mol. The SMILES string of the molecule is CN1CCC(Cc2ncc(C(=O)O)cn2)CC1. The van der Waals surface area contributed by atoms with Crippen molar-refractivity contribution in [2.24, 2.45) is 5.92 Å². The molecule has 2 heterocycles. The lowest BCUT2D eigenvalue weighted by molar-refractivity contribution is 0.0696. The van der Waals surface area contributed by atoms with Crippen LogP contribution < -0.4 is 0 Å². The molecule has 5 nitrogen and oxygen atoms in total. The first-order valence-electron chi connectivity index (χ1n) is 5.88. The van der Waals surface area contributed by atoms with Crippen molar-refractivity contribution in [1.82, 2.24) is 14.9 Å². The van der Waals surface area contributed by atoms with Crippen LogP contribution in [-0.4, -0.2) is 46.1 Å². The quantitative estimate of drug-likeness (QED) is 0.848. The zero-order valence-electron chi connectivity index (χ0n) is 9.96. The van der Waals surface area contributed by atoms with Crippen molar-refractivity contribution < 1.29 is 9.90 Å². The van der Waals surface area contributed by atoms with Crippen LogP contribution in [0.2, 0.25) is 0 Å². The third-order valence-electron chi connectivity index (χ3n) is 3.26. The first kappa shape index (κ1) is 12.0. The van der Waals surface area contributed by atoms with E-state index in [-0.39, 0.29) is 5.56 Å². The maximum atomic E-state index is 10.7. The van der Waals surface area contributed by atoms with E-state index in [1.807, 2.05) is 0 Å². The molecule has 1 saturated heterocycles. The highest BCUT2D eigenvalue weighted by molar-refractivity contribution is 5.86. The summed E-state index contributed by atoms with van der Waals surface area (Å²) >= 11 is 0. The number of carboxylic acid groups (broad SMARTS) is 1. The summed E-state index contributed by atoms with van der Waals surface area (Å²) in [6.07, 6.45) is 5.97. The molecule has 17 heavy (non-hydrogen) atoms. The third kappa shape index (κ3) is 3.23. The van der Waals surface area contributed by atoms with E-state index >= 15 is 0 Å². The van der Waals surface area contributed by atoms with Gasteiger partial charge in [0.15, 0.2) is 0 Å². The molecule has 1 aliphatic heterocycles. The number of hydrogen-bond acceptors (Lipinski definition) is 4. The summed E-state index contributed by atoms with van der Waals surface area (Å²) in [5.41, 5.74) is 0.150. The standard InChI is InChI=1S/C12H17N3O2/c1-15-4-2-9(3-5-15)6-11-13-7-10(8-14-11)12(16)17/h7-9H,2-6H2,1H3,(H,16,17). The minimum absolute atomic E-state index is 0.150. The van der Waals surface area contributed by atoms with Crippen LogP contribution in [0.25, 0.3) is 0 Å². The van der Waals surface area contributed by atoms with Gasteiger partial charge in [-0.25, -0.2) is 14.8 Å². The predicted molar refractivity (Wildman–Crippen MR) is 62.9 cm³/mol. The van der Waals surface area contributed by atoms with Gasteiger partial charge >= 0.3 is 5.97 Å². The number of rotatable bonds is 3. The second-order valence-electron chi connectivity index (χ2n) is 4.64. The number of carboxylic acids is 1. The van der Waals surface area contributed by atoms with Gasteiger partial charge in [0.05, 0.1) is 5.56 Å². The molecule has 0 bridgehead atoms. The molecule has 0 spiro atoms. The van der Waals surface area contributed by atoms with Crippen LogP contribution in [0.3, 0.4) is 0 Å². The van der Waals surface area contributed by atoms with Crippen molar-refractivity contribution >= 4 is 5.97 Å². The lowest BCUT2D eigenvalue weighted by Gasteiger charge is -2.28. The molecule has 1 aromatic heterocycles. The summed E-state index contributed by atoms with van der Waals surface area (Å²) < 4.78 is 0. The largest absolute Gasteiger partial charge is 0.478 e. The summed E-state index contributed by atoms with van der Waals surface area (Å²) in [4.78, 5) is 21.2. The normalized spacial score (nSPS) is 18.2. The van der Waals surface area contributed by atoms with E-state index in [9.17, 15) is 4.79 Å². The number of aromatic nitrogens is 2. The first-order chi connectivity index (χ1) is 8.15. The molecule has 2 rings (SSSR count). The molecule has 92 valence electrons. The van der Waals surface area contributed by atoms with Crippen LogP contribution >= 0.6 is 0 Å². The molecule has 1 aliphatic rings. The summed E-state index contributed by atoms with van der Waals surface area (Å²) in [7, 11) is 2.13. The van der Waals surface area contributed by atoms with Gasteiger partial charge in [0.2, 0.25) is 0 Å². The Morgan fingerprint density at radius 1 is 1.41 bits per heavy atom. The van der Waals surface area contributed by atoms with Gasteiger partial charge in [-0.3, -0.25) is 0 Å². The number of hydrogen-bond donors (Lipinski definition) is 1. The highest BCUT2D eigenvalue weighted by atomic mass is 16.4. The van der Waals surface area contributed by atoms with E-state index in [2.05, 4.69) is 21.9 Å². The van der Waals surface area contributed by atoms with Crippen LogP contribution in [0.15, 0.2) is 12.4 Å². The molecular weight excluding hydrogens is 218 g/mol. The summed E-state index contributed by atoms with van der Waals surface area (Å²) in [5.74, 6) is 0.405. The van der Waals surface area contributed by atoms with Crippen LogP contribution in [0.4, 0.5) is 0 Å². The van der Waals surface area contributed by atoms with Crippen molar-refractivity contribution in [3.63, 3.8) is 0 Å². The summed E-state index contributed by atoms with van der Waals surface area (Å²) in [5, 5.41) is 8.74. The molecule has 0 unspecified atom stereocenters. The van der Waals surface area contributed by atoms with Gasteiger partial charge in [-0.05, 0) is 38.9 Å². The Morgan fingerprint density at radius 3 is 2.53 bits per heavy atom. The van der Waals surface area contributed by atoms with Gasteiger partial charge in [-0.2, -0.15) is 0 Å². The number of piperidine rings is 1. The average Bonchev–Trinajstić information content (AvgIpc) is 2.33. The van der Waals surface area contributed by atoms with E-state index < -0.39 is 5.97 Å². The smallest absolute Gasteiger partial charge is 0.338 e. The third-order valence-corrected chi connectivity index (χ3v) is 3.26. The van der Waals surface area contributed by atoms with E-state index in [4.69, 9.17) is 5.11 Å². The Labute approximate surface area is 100 Å². The van der Waals surface area contributed by atoms with Crippen molar-refractivity contribution in [1.29, 1.82) is 0 Å². The van der Waals surface area contributed by atoms with Crippen molar-refractivity contribution in [2.75, 3.05) is 20.1 Å². The monoisotopic (exact) mass is 235 g/mol. The van der Waals surface area contributed by atoms with Gasteiger partial charge < -0.3 is 10.0 Å². The van der Waals surface area contributed by atoms with E-state index in [0.29, 0.717) is 5.92 Å². The van der Waals surface area contributed by atoms with E-state index in [1.165, 1.54) is 25.2 Å². The highest BCUT2D eigenvalue weighted by Crippen LogP contribution is 2.19. The Balaban J connectivity index is 1.92. The summed E-state index contributed by atoms with van der Waals surface area (Å²) in [6, 6.07) is 0. The molecule has 0 amide bonds. The van der Waals surface area contributed by atoms with Crippen molar-refractivity contribution in [2.45, 2.75) is 19.3 Å². The molecular formula is C12H17N3O2. The fourth-order valence-electron chi connectivity index (χ4n) is 2.10. The topological polar surface area (TPSA) is 66.3 Å². The van der Waals surface area contributed by atoms with Gasteiger partial charge in [-0.1, -0.05) is 0 Å². The zero-order chi connectivity index (χ0) is 12.3. The number of aromatic carboxylic acids is 1. The van der Waals surface area contributed by atoms with Crippen LogP contribution in [-0.2, 0) is 6.42 Å². The summed E-state index contributed by atoms with van der Waals surface area (Å²) in [6.45, 7) is 2.25. The number of likely N-dealkylation sites (tertiary alicyclic amines) is 1. The lowest BCUT2D eigenvalue weighted by Crippen LogP contribution is -2.31. The molecule has 0 atom stereocenters. The van der Waals surface area contributed by atoms with Crippen molar-refractivity contribution in [3.05, 3.63) is 23.8 Å². The Kier molecular flexibility index (Phi) is 3.68. The molecule has 0 aromatic carbocycles. The molecule has 1 aromatic rings. The second kappa shape index (κ2) is 5.23. The maximum absolute atomic E-state index is 10.7. The molecule has 1 N–H and O–H groups in total. The van der Waals surface area contributed by atoms with Gasteiger partial charge in [0.1, 0.15) is 5.82 Å². The van der Waals surface area contributed by atoms with Gasteiger partial charge in [-0.15, -0.1) is 0 Å². The van der Waals surface area contributed by atoms with E-state index in [0.717, 1.165) is 25.3 Å². The Morgan fingerprint density at radius 2 is 2.00 bits per heavy atom. The minimum Gasteiger partial charge on any atom is -0.478 e. The Hall–Kier alpha value is -1.49. The lowest BCUT2D eigenvalue weighted by atomic mass is 9.93. The Bertz CT molecular complexity index is 383. The number of carbonyl (C=O) groups is 1. The van der Waals surface area contributed by atoms with Crippen LogP contribution in [0.5, 0.6) is 0 Å². The highest BCUT2D eigenvalue weighted by Gasteiger charge is 2.18. The predicted octanol–water partition coefficient (Wildman–Crippen LogP) is 1.06. The fraction of sp³-hybridized carbons (Fsp3) is 0.583. The fourth-order valence-corrected chi connectivity index (χ4v) is 2.10. The van der Waals surface area contributed by atoms with Crippen LogP contribution in [0, 0.1) is 5.92 Å². The molecule has 0 radical (unpaired) electrons. The van der Waals surface area contributed by atoms with Gasteiger partial charge in [0.25, 0.3) is 0 Å².